The van der Waals surface area contributed by atoms with Crippen LogP contribution in [0.5, 0.6) is 0 Å². The number of benzene rings is 2. The van der Waals surface area contributed by atoms with E-state index >= 15 is 0 Å². The third kappa shape index (κ3) is 3.26. The molecule has 6 heteroatoms. The van der Waals surface area contributed by atoms with Crippen LogP contribution in [0.3, 0.4) is 0 Å². The van der Waals surface area contributed by atoms with Crippen LogP contribution in [-0.2, 0) is 16.1 Å². The molecule has 1 aromatic heterocycles. The number of pyridine rings is 1. The summed E-state index contributed by atoms with van der Waals surface area (Å²) in [6, 6.07) is 14.5. The van der Waals surface area contributed by atoms with Gasteiger partial charge in [-0.1, -0.05) is 37.1 Å². The second kappa shape index (κ2) is 7.11. The van der Waals surface area contributed by atoms with Crippen molar-refractivity contribution < 1.29 is 14.7 Å². The van der Waals surface area contributed by atoms with Gasteiger partial charge in [0.2, 0.25) is 5.91 Å². The topological polar surface area (TPSA) is 88.4 Å². The number of hydrogen-bond acceptors (Lipinski definition) is 3. The Morgan fingerprint density at radius 1 is 0.964 bits per heavy atom. The number of amides is 1. The first-order valence-electron chi connectivity index (χ1n) is 9.52. The monoisotopic (exact) mass is 378 g/mol. The first-order chi connectivity index (χ1) is 13.5. The second-order valence-corrected chi connectivity index (χ2v) is 7.56. The minimum atomic E-state index is -0.901. The molecule has 1 aliphatic rings. The van der Waals surface area contributed by atoms with Gasteiger partial charge in [0, 0.05) is 10.8 Å². The summed E-state index contributed by atoms with van der Waals surface area (Å²) in [6.45, 7) is 0.0304. The van der Waals surface area contributed by atoms with Crippen molar-refractivity contribution in [2.45, 2.75) is 44.2 Å². The number of fused-ring (bicyclic) bond motifs is 2. The Morgan fingerprint density at radius 3 is 2.04 bits per heavy atom. The summed E-state index contributed by atoms with van der Waals surface area (Å²) in [5, 5.41) is 13.4. The molecular formula is C22H22N2O4. The molecule has 1 heterocycles. The fraction of sp³-hybridized carbons (Fsp3) is 0.318. The van der Waals surface area contributed by atoms with E-state index in [0.717, 1.165) is 12.8 Å². The average molecular weight is 378 g/mol. The number of nitrogens with zero attached hydrogens (tertiary/aromatic N) is 1. The smallest absolute Gasteiger partial charge is 0.305 e. The van der Waals surface area contributed by atoms with Gasteiger partial charge in [-0.05, 0) is 37.1 Å². The van der Waals surface area contributed by atoms with Crippen LogP contribution in [0.2, 0.25) is 0 Å². The third-order valence-corrected chi connectivity index (χ3v) is 5.64. The Morgan fingerprint density at radius 2 is 1.50 bits per heavy atom. The highest BCUT2D eigenvalue weighted by Crippen LogP contribution is 2.32. The predicted octanol–water partition coefficient (Wildman–Crippen LogP) is 3.06. The number of aromatic nitrogens is 1. The van der Waals surface area contributed by atoms with Gasteiger partial charge in [0.15, 0.2) is 5.43 Å². The molecule has 144 valence electrons. The highest BCUT2D eigenvalue weighted by Gasteiger charge is 2.37. The molecule has 28 heavy (non-hydrogen) atoms. The minimum absolute atomic E-state index is 0.0304. The van der Waals surface area contributed by atoms with Crippen molar-refractivity contribution >= 4 is 33.7 Å². The van der Waals surface area contributed by atoms with Crippen LogP contribution in [-0.4, -0.2) is 27.1 Å². The highest BCUT2D eigenvalue weighted by molar-refractivity contribution is 5.95. The summed E-state index contributed by atoms with van der Waals surface area (Å²) < 4.78 is 1.84. The first-order valence-corrected chi connectivity index (χ1v) is 9.52. The SMILES string of the molecule is O=C(O)CC1(NC(=O)Cn2c3ccccc3c(=O)c3ccccc32)CCCC1. The molecule has 1 aliphatic carbocycles. The first kappa shape index (κ1) is 18.2. The number of rotatable bonds is 5. The van der Waals surface area contributed by atoms with E-state index in [2.05, 4.69) is 5.32 Å². The summed E-state index contributed by atoms with van der Waals surface area (Å²) in [7, 11) is 0. The lowest BCUT2D eigenvalue weighted by Crippen LogP contribution is -2.49. The van der Waals surface area contributed by atoms with Gasteiger partial charge in [0.1, 0.15) is 6.54 Å². The Kier molecular flexibility index (Phi) is 4.63. The van der Waals surface area contributed by atoms with Crippen molar-refractivity contribution in [2.24, 2.45) is 0 Å². The maximum absolute atomic E-state index is 12.9. The van der Waals surface area contributed by atoms with Gasteiger partial charge >= 0.3 is 5.97 Å². The van der Waals surface area contributed by atoms with Crippen molar-refractivity contribution in [3.8, 4) is 0 Å². The van der Waals surface area contributed by atoms with Gasteiger partial charge in [-0.15, -0.1) is 0 Å². The van der Waals surface area contributed by atoms with E-state index in [1.165, 1.54) is 0 Å². The van der Waals surface area contributed by atoms with Gasteiger partial charge in [-0.2, -0.15) is 0 Å². The normalized spacial score (nSPS) is 15.7. The molecule has 0 radical (unpaired) electrons. The van der Waals surface area contributed by atoms with Crippen molar-refractivity contribution in [1.29, 1.82) is 0 Å². The predicted molar refractivity (Wildman–Crippen MR) is 107 cm³/mol. The van der Waals surface area contributed by atoms with Crippen LogP contribution < -0.4 is 10.7 Å². The van der Waals surface area contributed by atoms with Crippen molar-refractivity contribution in [3.05, 3.63) is 58.8 Å². The average Bonchev–Trinajstić information content (AvgIpc) is 3.12. The second-order valence-electron chi connectivity index (χ2n) is 7.56. The van der Waals surface area contributed by atoms with E-state index in [-0.39, 0.29) is 24.3 Å². The molecule has 2 N–H and O–H groups in total. The quantitative estimate of drug-likeness (QED) is 0.668. The number of para-hydroxylation sites is 2. The number of carboxylic acid groups (broad SMARTS) is 1. The lowest BCUT2D eigenvalue weighted by atomic mass is 9.93. The lowest BCUT2D eigenvalue weighted by Gasteiger charge is -2.29. The van der Waals surface area contributed by atoms with Crippen molar-refractivity contribution in [1.82, 2.24) is 9.88 Å². The van der Waals surface area contributed by atoms with Crippen molar-refractivity contribution in [2.75, 3.05) is 0 Å². The van der Waals surface area contributed by atoms with Gasteiger partial charge in [0.25, 0.3) is 0 Å². The zero-order chi connectivity index (χ0) is 19.7. The summed E-state index contributed by atoms with van der Waals surface area (Å²) in [6.07, 6.45) is 3.12. The zero-order valence-corrected chi connectivity index (χ0v) is 15.5. The number of hydrogen-bond donors (Lipinski definition) is 2. The highest BCUT2D eigenvalue weighted by atomic mass is 16.4. The van der Waals surface area contributed by atoms with Crippen LogP contribution in [0.15, 0.2) is 53.3 Å². The van der Waals surface area contributed by atoms with E-state index in [1.54, 1.807) is 12.1 Å². The van der Waals surface area contributed by atoms with Crippen LogP contribution in [0.25, 0.3) is 21.8 Å². The molecule has 0 unspecified atom stereocenters. The van der Waals surface area contributed by atoms with Crippen LogP contribution in [0.1, 0.15) is 32.1 Å². The summed E-state index contributed by atoms with van der Waals surface area (Å²) >= 11 is 0. The fourth-order valence-corrected chi connectivity index (χ4v) is 4.41. The van der Waals surface area contributed by atoms with E-state index < -0.39 is 11.5 Å². The third-order valence-electron chi connectivity index (χ3n) is 5.64. The van der Waals surface area contributed by atoms with E-state index in [4.69, 9.17) is 0 Å². The molecule has 1 fully saturated rings. The Bertz CT molecular complexity index is 1070. The number of nitrogens with one attached hydrogen (secondary N) is 1. The fourth-order valence-electron chi connectivity index (χ4n) is 4.41. The van der Waals surface area contributed by atoms with Gasteiger partial charge in [0.05, 0.1) is 23.0 Å². The molecule has 4 rings (SSSR count). The minimum Gasteiger partial charge on any atom is -0.481 e. The van der Waals surface area contributed by atoms with E-state index in [9.17, 15) is 19.5 Å². The Balaban J connectivity index is 1.74. The van der Waals surface area contributed by atoms with Crippen molar-refractivity contribution in [3.63, 3.8) is 0 Å². The molecule has 0 saturated heterocycles. The van der Waals surface area contributed by atoms with E-state index in [0.29, 0.717) is 34.6 Å². The van der Waals surface area contributed by atoms with Gasteiger partial charge < -0.3 is 15.0 Å². The largest absolute Gasteiger partial charge is 0.481 e. The summed E-state index contributed by atoms with van der Waals surface area (Å²) in [4.78, 5) is 37.0. The number of carbonyl (C=O) groups excluding carboxylic acids is 1. The Labute approximate surface area is 161 Å². The number of carbonyl (C=O) groups is 2. The van der Waals surface area contributed by atoms with Gasteiger partial charge in [-0.3, -0.25) is 14.4 Å². The van der Waals surface area contributed by atoms with Crippen LogP contribution in [0.4, 0.5) is 0 Å². The standard InChI is InChI=1S/C22H22N2O4/c25-19(23-22(13-20(26)27)11-5-6-12-22)14-24-17-9-3-1-7-15(17)21(28)16-8-2-4-10-18(16)24/h1-4,7-10H,5-6,11-14H2,(H,23,25)(H,26,27). The maximum Gasteiger partial charge on any atom is 0.305 e. The molecule has 3 aromatic rings. The molecule has 0 atom stereocenters. The molecule has 0 aliphatic heterocycles. The molecule has 1 saturated carbocycles. The lowest BCUT2D eigenvalue weighted by molar-refractivity contribution is -0.139. The number of carboxylic acids is 1. The molecule has 2 aromatic carbocycles. The summed E-state index contributed by atoms with van der Waals surface area (Å²) in [5.41, 5.74) is 0.661. The van der Waals surface area contributed by atoms with Crippen LogP contribution >= 0.6 is 0 Å². The maximum atomic E-state index is 12.9. The molecule has 1 amide bonds. The molecule has 6 nitrogen and oxygen atoms in total. The zero-order valence-electron chi connectivity index (χ0n) is 15.5. The molecule has 0 bridgehead atoms. The number of aliphatic carboxylic acids is 1. The molecule has 0 spiro atoms. The van der Waals surface area contributed by atoms with Crippen LogP contribution in [0, 0.1) is 0 Å². The Hall–Kier alpha value is -3.15. The van der Waals surface area contributed by atoms with Gasteiger partial charge in [-0.25, -0.2) is 0 Å². The summed E-state index contributed by atoms with van der Waals surface area (Å²) in [5.74, 6) is -1.14. The van der Waals surface area contributed by atoms with E-state index in [1.807, 2.05) is 41.0 Å². The molecular weight excluding hydrogens is 356 g/mol.